The first-order chi connectivity index (χ1) is 7.79. The topological polar surface area (TPSA) is 61.3 Å². The lowest BCUT2D eigenvalue weighted by molar-refractivity contribution is 0.333. The average molecular weight is 222 g/mol. The second kappa shape index (κ2) is 7.25. The fourth-order valence-corrected chi connectivity index (χ4v) is 1.74. The van der Waals surface area contributed by atoms with Gasteiger partial charge in [-0.2, -0.15) is 0 Å². The summed E-state index contributed by atoms with van der Waals surface area (Å²) in [6.07, 6.45) is 3.06. The van der Waals surface area contributed by atoms with Crippen LogP contribution in [0, 0.1) is 0 Å². The predicted molar refractivity (Wildman–Crippen MR) is 67.4 cm³/mol. The van der Waals surface area contributed by atoms with Crippen molar-refractivity contribution in [3.8, 4) is 5.75 Å². The number of hydrogen-bond acceptors (Lipinski definition) is 3. The third kappa shape index (κ3) is 3.83. The maximum Gasteiger partial charge on any atom is 0.124 e. The number of para-hydroxylation sites is 1. The predicted octanol–water partition coefficient (Wildman–Crippen LogP) is 2.21. The lowest BCUT2D eigenvalue weighted by Gasteiger charge is -2.16. The molecule has 90 valence electrons. The molecule has 0 aliphatic rings. The molecular weight excluding hydrogens is 200 g/mol. The normalized spacial score (nSPS) is 12.4. The standard InChI is InChI=1S/C13H22N2O/c1-2-16-13-9-4-3-7-11(13)12(15)8-5-6-10-14/h3-4,7,9,12H,2,5-6,8,10,14-15H2,1H3/t12-/m1/s1. The second-order valence-electron chi connectivity index (χ2n) is 3.86. The van der Waals surface area contributed by atoms with Crippen molar-refractivity contribution in [3.63, 3.8) is 0 Å². The fourth-order valence-electron chi connectivity index (χ4n) is 1.74. The highest BCUT2D eigenvalue weighted by molar-refractivity contribution is 5.35. The Labute approximate surface area is 97.8 Å². The number of benzene rings is 1. The number of ether oxygens (including phenoxy) is 1. The SMILES string of the molecule is CCOc1ccccc1[C@H](N)CCCCN. The first-order valence-corrected chi connectivity index (χ1v) is 5.97. The van der Waals surface area contributed by atoms with Crippen LogP contribution in [0.4, 0.5) is 0 Å². The lowest BCUT2D eigenvalue weighted by atomic mass is 10.0. The van der Waals surface area contributed by atoms with Gasteiger partial charge in [-0.25, -0.2) is 0 Å². The van der Waals surface area contributed by atoms with Gasteiger partial charge in [-0.05, 0) is 32.4 Å². The van der Waals surface area contributed by atoms with Crippen LogP contribution in [-0.2, 0) is 0 Å². The molecule has 0 aromatic heterocycles. The van der Waals surface area contributed by atoms with Gasteiger partial charge in [0, 0.05) is 11.6 Å². The Morgan fingerprint density at radius 2 is 2.00 bits per heavy atom. The van der Waals surface area contributed by atoms with Gasteiger partial charge in [0.05, 0.1) is 6.61 Å². The quantitative estimate of drug-likeness (QED) is 0.695. The summed E-state index contributed by atoms with van der Waals surface area (Å²) in [4.78, 5) is 0. The summed E-state index contributed by atoms with van der Waals surface area (Å²) < 4.78 is 5.56. The van der Waals surface area contributed by atoms with E-state index in [0.717, 1.165) is 37.1 Å². The lowest BCUT2D eigenvalue weighted by Crippen LogP contribution is -2.12. The van der Waals surface area contributed by atoms with Crippen molar-refractivity contribution in [1.29, 1.82) is 0 Å². The van der Waals surface area contributed by atoms with Crippen LogP contribution in [0.2, 0.25) is 0 Å². The van der Waals surface area contributed by atoms with Crippen molar-refractivity contribution in [2.24, 2.45) is 11.5 Å². The summed E-state index contributed by atoms with van der Waals surface area (Å²) in [5, 5.41) is 0. The Hall–Kier alpha value is -1.06. The Morgan fingerprint density at radius 1 is 1.25 bits per heavy atom. The average Bonchev–Trinajstić information content (AvgIpc) is 2.30. The molecule has 3 nitrogen and oxygen atoms in total. The molecule has 1 atom stereocenters. The molecule has 1 aromatic rings. The van der Waals surface area contributed by atoms with Crippen LogP contribution in [0.1, 0.15) is 37.8 Å². The van der Waals surface area contributed by atoms with E-state index >= 15 is 0 Å². The summed E-state index contributed by atoms with van der Waals surface area (Å²) in [7, 11) is 0. The van der Waals surface area contributed by atoms with Gasteiger partial charge < -0.3 is 16.2 Å². The zero-order chi connectivity index (χ0) is 11.8. The molecule has 16 heavy (non-hydrogen) atoms. The maximum atomic E-state index is 6.15. The van der Waals surface area contributed by atoms with Gasteiger partial charge in [0.25, 0.3) is 0 Å². The minimum absolute atomic E-state index is 0.0503. The van der Waals surface area contributed by atoms with Crippen molar-refractivity contribution in [2.75, 3.05) is 13.2 Å². The van der Waals surface area contributed by atoms with E-state index in [1.807, 2.05) is 31.2 Å². The van der Waals surface area contributed by atoms with Gasteiger partial charge in [0.2, 0.25) is 0 Å². The summed E-state index contributed by atoms with van der Waals surface area (Å²) in [5.41, 5.74) is 12.7. The molecular formula is C13H22N2O. The molecule has 3 heteroatoms. The molecule has 0 spiro atoms. The van der Waals surface area contributed by atoms with Crippen LogP contribution in [0.25, 0.3) is 0 Å². The van der Waals surface area contributed by atoms with Crippen molar-refractivity contribution < 1.29 is 4.74 Å². The van der Waals surface area contributed by atoms with E-state index in [9.17, 15) is 0 Å². The molecule has 0 aliphatic heterocycles. The zero-order valence-electron chi connectivity index (χ0n) is 9.99. The second-order valence-corrected chi connectivity index (χ2v) is 3.86. The van der Waals surface area contributed by atoms with Crippen LogP contribution in [-0.4, -0.2) is 13.2 Å². The largest absolute Gasteiger partial charge is 0.494 e. The molecule has 0 saturated heterocycles. The van der Waals surface area contributed by atoms with Crippen molar-refractivity contribution >= 4 is 0 Å². The monoisotopic (exact) mass is 222 g/mol. The third-order valence-electron chi connectivity index (χ3n) is 2.59. The van der Waals surface area contributed by atoms with Crippen molar-refractivity contribution in [2.45, 2.75) is 32.2 Å². The summed E-state index contributed by atoms with van der Waals surface area (Å²) in [6.45, 7) is 3.39. The van der Waals surface area contributed by atoms with Gasteiger partial charge in [-0.1, -0.05) is 24.6 Å². The summed E-state index contributed by atoms with van der Waals surface area (Å²) in [5.74, 6) is 0.908. The highest BCUT2D eigenvalue weighted by atomic mass is 16.5. The molecule has 0 fully saturated rings. The molecule has 0 saturated carbocycles. The fraction of sp³-hybridized carbons (Fsp3) is 0.538. The van der Waals surface area contributed by atoms with E-state index in [4.69, 9.17) is 16.2 Å². The Balaban J connectivity index is 2.62. The van der Waals surface area contributed by atoms with Crippen LogP contribution in [0.5, 0.6) is 5.75 Å². The van der Waals surface area contributed by atoms with Crippen LogP contribution < -0.4 is 16.2 Å². The summed E-state index contributed by atoms with van der Waals surface area (Å²) >= 11 is 0. The zero-order valence-corrected chi connectivity index (χ0v) is 9.99. The number of hydrogen-bond donors (Lipinski definition) is 2. The van der Waals surface area contributed by atoms with Crippen LogP contribution in [0.3, 0.4) is 0 Å². The van der Waals surface area contributed by atoms with Gasteiger partial charge in [0.1, 0.15) is 5.75 Å². The molecule has 0 aliphatic carbocycles. The minimum atomic E-state index is 0.0503. The van der Waals surface area contributed by atoms with Crippen molar-refractivity contribution in [1.82, 2.24) is 0 Å². The van der Waals surface area contributed by atoms with Crippen LogP contribution >= 0.6 is 0 Å². The van der Waals surface area contributed by atoms with E-state index in [2.05, 4.69) is 0 Å². The van der Waals surface area contributed by atoms with Gasteiger partial charge in [0.15, 0.2) is 0 Å². The van der Waals surface area contributed by atoms with E-state index in [0.29, 0.717) is 6.61 Å². The third-order valence-corrected chi connectivity index (χ3v) is 2.59. The van der Waals surface area contributed by atoms with Crippen LogP contribution in [0.15, 0.2) is 24.3 Å². The smallest absolute Gasteiger partial charge is 0.124 e. The minimum Gasteiger partial charge on any atom is -0.494 e. The van der Waals surface area contributed by atoms with Gasteiger partial charge in [-0.3, -0.25) is 0 Å². The highest BCUT2D eigenvalue weighted by Gasteiger charge is 2.10. The summed E-state index contributed by atoms with van der Waals surface area (Å²) in [6, 6.07) is 8.04. The first kappa shape index (κ1) is 13.0. The molecule has 0 unspecified atom stereocenters. The first-order valence-electron chi connectivity index (χ1n) is 5.97. The van der Waals surface area contributed by atoms with Crippen molar-refractivity contribution in [3.05, 3.63) is 29.8 Å². The maximum absolute atomic E-state index is 6.15. The number of rotatable bonds is 7. The molecule has 4 N–H and O–H groups in total. The molecule has 1 aromatic carbocycles. The molecule has 0 bridgehead atoms. The van der Waals surface area contributed by atoms with E-state index in [1.165, 1.54) is 0 Å². The van der Waals surface area contributed by atoms with E-state index in [-0.39, 0.29) is 6.04 Å². The van der Waals surface area contributed by atoms with E-state index < -0.39 is 0 Å². The number of nitrogens with two attached hydrogens (primary N) is 2. The highest BCUT2D eigenvalue weighted by Crippen LogP contribution is 2.26. The Morgan fingerprint density at radius 3 is 2.69 bits per heavy atom. The molecule has 0 amide bonds. The molecule has 1 rings (SSSR count). The number of unbranched alkanes of at least 4 members (excludes halogenated alkanes) is 1. The van der Waals surface area contributed by atoms with E-state index in [1.54, 1.807) is 0 Å². The van der Waals surface area contributed by atoms with Gasteiger partial charge in [-0.15, -0.1) is 0 Å². The Kier molecular flexibility index (Phi) is 5.90. The molecule has 0 heterocycles. The van der Waals surface area contributed by atoms with Gasteiger partial charge >= 0.3 is 0 Å². The molecule has 0 radical (unpaired) electrons. The Bertz CT molecular complexity index is 302.